The molecule has 1 nitrogen and oxygen atoms in total. The first kappa shape index (κ1) is 9.21. The van der Waals surface area contributed by atoms with Gasteiger partial charge in [0.25, 0.3) is 0 Å². The summed E-state index contributed by atoms with van der Waals surface area (Å²) in [5.41, 5.74) is 6.87. The molecule has 14 heavy (non-hydrogen) atoms. The Hall–Kier alpha value is -0.0400. The molecule has 0 heterocycles. The average molecular weight is 193 g/mol. The van der Waals surface area contributed by atoms with E-state index < -0.39 is 0 Å². The number of hydrogen-bond acceptors (Lipinski definition) is 1. The maximum atomic E-state index is 6.16. The Morgan fingerprint density at radius 2 is 1.71 bits per heavy atom. The molecule has 80 valence electrons. The Labute approximate surface area is 87.4 Å². The summed E-state index contributed by atoms with van der Waals surface area (Å²) in [4.78, 5) is 0. The smallest absolute Gasteiger partial charge is 0.00440 e. The first-order valence-corrected chi connectivity index (χ1v) is 6.33. The molecule has 0 saturated heterocycles. The zero-order valence-electron chi connectivity index (χ0n) is 9.50. The molecule has 0 aliphatic heterocycles. The fraction of sp³-hybridized carbons (Fsp3) is 1.00. The van der Waals surface area contributed by atoms with Crippen molar-refractivity contribution in [2.24, 2.45) is 34.8 Å². The van der Waals surface area contributed by atoms with Crippen molar-refractivity contribution in [1.82, 2.24) is 0 Å². The fourth-order valence-corrected chi connectivity index (χ4v) is 5.33. The van der Waals surface area contributed by atoms with Crippen LogP contribution in [0.5, 0.6) is 0 Å². The minimum absolute atomic E-state index is 0.439. The second-order valence-electron chi connectivity index (χ2n) is 6.72. The molecule has 0 aromatic rings. The largest absolute Gasteiger partial charge is 0.328 e. The van der Waals surface area contributed by atoms with Crippen LogP contribution in [0.25, 0.3) is 0 Å². The molecule has 4 rings (SSSR count). The molecular weight excluding hydrogens is 170 g/mol. The highest BCUT2D eigenvalue weighted by atomic mass is 14.7. The van der Waals surface area contributed by atoms with Crippen molar-refractivity contribution in [2.45, 2.75) is 52.0 Å². The molecule has 3 unspecified atom stereocenters. The van der Waals surface area contributed by atoms with Crippen LogP contribution in [0.15, 0.2) is 0 Å². The quantitative estimate of drug-likeness (QED) is 0.681. The van der Waals surface area contributed by atoms with Crippen molar-refractivity contribution in [3.05, 3.63) is 0 Å². The van der Waals surface area contributed by atoms with Crippen molar-refractivity contribution in [3.63, 3.8) is 0 Å². The summed E-state index contributed by atoms with van der Waals surface area (Å²) < 4.78 is 0. The van der Waals surface area contributed by atoms with E-state index in [9.17, 15) is 0 Å². The Kier molecular flexibility index (Phi) is 1.81. The summed E-state index contributed by atoms with van der Waals surface area (Å²) in [5, 5.41) is 0. The number of hydrogen-bond donors (Lipinski definition) is 1. The first-order valence-electron chi connectivity index (χ1n) is 6.33. The maximum absolute atomic E-state index is 6.16. The van der Waals surface area contributed by atoms with Crippen LogP contribution in [-0.2, 0) is 0 Å². The predicted octanol–water partition coefficient (Wildman–Crippen LogP) is 2.80. The first-order chi connectivity index (χ1) is 6.57. The van der Waals surface area contributed by atoms with Gasteiger partial charge in [0.2, 0.25) is 0 Å². The van der Waals surface area contributed by atoms with Crippen LogP contribution in [0.1, 0.15) is 46.0 Å². The molecule has 4 aliphatic rings. The molecular formula is C13H23N. The van der Waals surface area contributed by atoms with E-state index in [2.05, 4.69) is 13.8 Å². The van der Waals surface area contributed by atoms with Crippen LogP contribution < -0.4 is 5.73 Å². The third-order valence-electron chi connectivity index (χ3n) is 5.26. The van der Waals surface area contributed by atoms with Crippen molar-refractivity contribution in [1.29, 1.82) is 0 Å². The highest BCUT2D eigenvalue weighted by Crippen LogP contribution is 2.62. The van der Waals surface area contributed by atoms with Crippen molar-refractivity contribution < 1.29 is 0 Å². The van der Waals surface area contributed by atoms with Crippen LogP contribution >= 0.6 is 0 Å². The Morgan fingerprint density at radius 3 is 2.14 bits per heavy atom. The summed E-state index contributed by atoms with van der Waals surface area (Å²) in [7, 11) is 0. The molecule has 4 saturated carbocycles. The summed E-state index contributed by atoms with van der Waals surface area (Å²) in [5.74, 6) is 3.88. The molecule has 0 aromatic carbocycles. The number of nitrogens with two attached hydrogens (primary N) is 1. The van der Waals surface area contributed by atoms with Gasteiger partial charge in [-0.2, -0.15) is 0 Å². The van der Waals surface area contributed by atoms with Gasteiger partial charge in [-0.25, -0.2) is 0 Å². The van der Waals surface area contributed by atoms with E-state index in [-0.39, 0.29) is 0 Å². The Balaban J connectivity index is 1.89. The monoisotopic (exact) mass is 193 g/mol. The zero-order chi connectivity index (χ0) is 9.92. The number of rotatable bonds is 1. The molecule has 0 amide bonds. The van der Waals surface area contributed by atoms with E-state index in [1.165, 1.54) is 32.1 Å². The SMILES string of the molecule is CC(N)C1C2CC3CC1CC(C)(C3)C2. The van der Waals surface area contributed by atoms with Gasteiger partial charge in [0.05, 0.1) is 0 Å². The molecule has 4 aliphatic carbocycles. The van der Waals surface area contributed by atoms with Crippen LogP contribution in [0.3, 0.4) is 0 Å². The second kappa shape index (κ2) is 2.75. The van der Waals surface area contributed by atoms with Gasteiger partial charge in [-0.1, -0.05) is 6.92 Å². The lowest BCUT2D eigenvalue weighted by Gasteiger charge is -2.60. The standard InChI is InChI=1S/C13H23N/c1-8(14)12-10-3-9-4-11(12)7-13(2,5-9)6-10/h8-12H,3-7,14H2,1-2H3. The minimum Gasteiger partial charge on any atom is -0.328 e. The predicted molar refractivity (Wildman–Crippen MR) is 58.8 cm³/mol. The molecule has 4 bridgehead atoms. The van der Waals surface area contributed by atoms with Gasteiger partial charge >= 0.3 is 0 Å². The third-order valence-corrected chi connectivity index (χ3v) is 5.26. The van der Waals surface area contributed by atoms with E-state index in [0.29, 0.717) is 11.5 Å². The van der Waals surface area contributed by atoms with Crippen LogP contribution in [0.2, 0.25) is 0 Å². The van der Waals surface area contributed by atoms with Gasteiger partial charge in [-0.3, -0.25) is 0 Å². The summed E-state index contributed by atoms with van der Waals surface area (Å²) >= 11 is 0. The summed E-state index contributed by atoms with van der Waals surface area (Å²) in [6, 6.07) is 0.439. The van der Waals surface area contributed by atoms with Crippen molar-refractivity contribution in [3.8, 4) is 0 Å². The van der Waals surface area contributed by atoms with Gasteiger partial charge in [-0.05, 0) is 68.1 Å². The zero-order valence-corrected chi connectivity index (χ0v) is 9.50. The lowest BCUT2D eigenvalue weighted by atomic mass is 9.46. The normalized spacial score (nSPS) is 57.6. The van der Waals surface area contributed by atoms with Gasteiger partial charge in [0.1, 0.15) is 0 Å². The molecule has 4 fully saturated rings. The Bertz CT molecular complexity index is 230. The molecule has 0 radical (unpaired) electrons. The molecule has 1 heteroatoms. The van der Waals surface area contributed by atoms with E-state index in [1.54, 1.807) is 0 Å². The second-order valence-corrected chi connectivity index (χ2v) is 6.72. The lowest BCUT2D eigenvalue weighted by Crippen LogP contribution is -2.54. The topological polar surface area (TPSA) is 26.0 Å². The van der Waals surface area contributed by atoms with Crippen LogP contribution in [0.4, 0.5) is 0 Å². The maximum Gasteiger partial charge on any atom is 0.00440 e. The highest BCUT2D eigenvalue weighted by molar-refractivity contribution is 5.04. The van der Waals surface area contributed by atoms with Crippen LogP contribution in [0, 0.1) is 29.1 Å². The van der Waals surface area contributed by atoms with Gasteiger partial charge < -0.3 is 5.73 Å². The van der Waals surface area contributed by atoms with Gasteiger partial charge in [-0.15, -0.1) is 0 Å². The van der Waals surface area contributed by atoms with Gasteiger partial charge in [0, 0.05) is 6.04 Å². The van der Waals surface area contributed by atoms with E-state index in [4.69, 9.17) is 5.73 Å². The highest BCUT2D eigenvalue weighted by Gasteiger charge is 2.53. The lowest BCUT2D eigenvalue weighted by molar-refractivity contribution is -0.0917. The average Bonchev–Trinajstić information content (AvgIpc) is 1.97. The molecule has 0 spiro atoms. The minimum atomic E-state index is 0.439. The fourth-order valence-electron chi connectivity index (χ4n) is 5.33. The van der Waals surface area contributed by atoms with Crippen molar-refractivity contribution in [2.75, 3.05) is 0 Å². The summed E-state index contributed by atoms with van der Waals surface area (Å²) in [6.07, 6.45) is 7.47. The van der Waals surface area contributed by atoms with Gasteiger partial charge in [0.15, 0.2) is 0 Å². The van der Waals surface area contributed by atoms with Crippen molar-refractivity contribution >= 4 is 0 Å². The Morgan fingerprint density at radius 1 is 1.14 bits per heavy atom. The van der Waals surface area contributed by atoms with E-state index >= 15 is 0 Å². The third kappa shape index (κ3) is 1.18. The summed E-state index contributed by atoms with van der Waals surface area (Å²) in [6.45, 7) is 4.75. The molecule has 3 atom stereocenters. The van der Waals surface area contributed by atoms with E-state index in [1.807, 2.05) is 0 Å². The molecule has 0 aromatic heterocycles. The molecule has 2 N–H and O–H groups in total. The van der Waals surface area contributed by atoms with Crippen LogP contribution in [-0.4, -0.2) is 6.04 Å². The van der Waals surface area contributed by atoms with E-state index in [0.717, 1.165) is 23.7 Å².